The van der Waals surface area contributed by atoms with Crippen LogP contribution in [0.1, 0.15) is 12.1 Å². The average Bonchev–Trinajstić information content (AvgIpc) is 2.93. The highest BCUT2D eigenvalue weighted by atomic mass is 16.5. The van der Waals surface area contributed by atoms with E-state index in [2.05, 4.69) is 5.32 Å². The van der Waals surface area contributed by atoms with Gasteiger partial charge in [-0.05, 0) is 13.0 Å². The Labute approximate surface area is 129 Å². The van der Waals surface area contributed by atoms with Gasteiger partial charge in [0.2, 0.25) is 0 Å². The van der Waals surface area contributed by atoms with Gasteiger partial charge in [0, 0.05) is 45.4 Å². The van der Waals surface area contributed by atoms with Gasteiger partial charge in [0.15, 0.2) is 0 Å². The molecule has 1 unspecified atom stereocenters. The van der Waals surface area contributed by atoms with E-state index in [4.69, 9.17) is 9.47 Å². The van der Waals surface area contributed by atoms with E-state index in [-0.39, 0.29) is 17.7 Å². The normalized spacial score (nSPS) is 17.6. The lowest BCUT2D eigenvalue weighted by molar-refractivity contribution is 0.176. The van der Waals surface area contributed by atoms with E-state index in [1.807, 2.05) is 13.0 Å². The van der Waals surface area contributed by atoms with Crippen LogP contribution in [0.3, 0.4) is 0 Å². The monoisotopic (exact) mass is 309 g/mol. The molecule has 0 spiro atoms. The van der Waals surface area contributed by atoms with Gasteiger partial charge in [-0.25, -0.2) is 4.79 Å². The lowest BCUT2D eigenvalue weighted by Crippen LogP contribution is -2.40. The first kappa shape index (κ1) is 16.4. The highest BCUT2D eigenvalue weighted by molar-refractivity contribution is 5.74. The summed E-state index contributed by atoms with van der Waals surface area (Å²) in [4.78, 5) is 25.4. The fraction of sp³-hybridized carbons (Fsp3) is 0.600. The van der Waals surface area contributed by atoms with Gasteiger partial charge < -0.3 is 24.3 Å². The maximum atomic E-state index is 11.9. The number of hydrogen-bond donors (Lipinski definition) is 1. The van der Waals surface area contributed by atoms with Crippen molar-refractivity contribution >= 4 is 6.03 Å². The van der Waals surface area contributed by atoms with E-state index in [9.17, 15) is 9.59 Å². The van der Waals surface area contributed by atoms with Crippen molar-refractivity contribution in [1.29, 1.82) is 0 Å². The van der Waals surface area contributed by atoms with Crippen LogP contribution in [0.25, 0.3) is 0 Å². The summed E-state index contributed by atoms with van der Waals surface area (Å²) < 4.78 is 12.3. The molecule has 122 valence electrons. The van der Waals surface area contributed by atoms with Crippen LogP contribution in [0.2, 0.25) is 0 Å². The third-order valence-electron chi connectivity index (χ3n) is 3.79. The number of amides is 2. The number of nitrogens with one attached hydrogen (secondary N) is 1. The standard InChI is InChI=1S/C15H23N3O4/c1-11-8-13(9-14(19)17(11)2)22-12-4-6-18(10-12)15(20)16-5-7-21-3/h8-9,12H,4-7,10H2,1-3H3,(H,16,20). The molecule has 1 atom stereocenters. The maximum absolute atomic E-state index is 11.9. The molecule has 7 nitrogen and oxygen atoms in total. The quantitative estimate of drug-likeness (QED) is 0.804. The number of carbonyl (C=O) groups excluding carboxylic acids is 1. The number of pyridine rings is 1. The zero-order valence-corrected chi connectivity index (χ0v) is 13.3. The van der Waals surface area contributed by atoms with Crippen molar-refractivity contribution < 1.29 is 14.3 Å². The Morgan fingerprint density at radius 1 is 1.45 bits per heavy atom. The third kappa shape index (κ3) is 4.00. The van der Waals surface area contributed by atoms with Gasteiger partial charge in [0.05, 0.1) is 13.2 Å². The molecule has 1 aliphatic heterocycles. The van der Waals surface area contributed by atoms with Crippen molar-refractivity contribution in [3.63, 3.8) is 0 Å². The molecule has 1 aliphatic rings. The Morgan fingerprint density at radius 2 is 2.23 bits per heavy atom. The first-order valence-corrected chi connectivity index (χ1v) is 7.37. The fourth-order valence-electron chi connectivity index (χ4n) is 2.38. The highest BCUT2D eigenvalue weighted by Crippen LogP contribution is 2.18. The number of likely N-dealkylation sites (tertiary alicyclic amines) is 1. The lowest BCUT2D eigenvalue weighted by atomic mass is 10.3. The molecule has 0 aromatic carbocycles. The molecule has 1 N–H and O–H groups in total. The molecule has 0 bridgehead atoms. The number of carbonyl (C=O) groups is 1. The van der Waals surface area contributed by atoms with Crippen molar-refractivity contribution in [1.82, 2.24) is 14.8 Å². The lowest BCUT2D eigenvalue weighted by Gasteiger charge is -2.18. The Balaban J connectivity index is 1.88. The minimum Gasteiger partial charge on any atom is -0.488 e. The predicted octanol–water partition coefficient (Wildman–Crippen LogP) is 0.503. The third-order valence-corrected chi connectivity index (χ3v) is 3.79. The highest BCUT2D eigenvalue weighted by Gasteiger charge is 2.27. The minimum absolute atomic E-state index is 0.0836. The molecule has 2 rings (SSSR count). The smallest absolute Gasteiger partial charge is 0.317 e. The van der Waals surface area contributed by atoms with Gasteiger partial charge in [-0.15, -0.1) is 0 Å². The van der Waals surface area contributed by atoms with E-state index in [0.29, 0.717) is 32.0 Å². The van der Waals surface area contributed by atoms with E-state index in [0.717, 1.165) is 12.1 Å². The zero-order valence-electron chi connectivity index (χ0n) is 13.3. The van der Waals surface area contributed by atoms with Crippen LogP contribution in [-0.2, 0) is 11.8 Å². The number of urea groups is 1. The second kappa shape index (κ2) is 7.31. The van der Waals surface area contributed by atoms with Crippen molar-refractivity contribution in [2.45, 2.75) is 19.4 Å². The maximum Gasteiger partial charge on any atom is 0.317 e. The Kier molecular flexibility index (Phi) is 5.43. The molecule has 22 heavy (non-hydrogen) atoms. The second-order valence-electron chi connectivity index (χ2n) is 5.43. The molecule has 2 heterocycles. The second-order valence-corrected chi connectivity index (χ2v) is 5.43. The van der Waals surface area contributed by atoms with Gasteiger partial charge >= 0.3 is 6.03 Å². The van der Waals surface area contributed by atoms with Crippen molar-refractivity contribution in [2.75, 3.05) is 33.4 Å². The first-order chi connectivity index (χ1) is 10.5. The SMILES string of the molecule is COCCNC(=O)N1CCC(Oc2cc(C)n(C)c(=O)c2)C1. The Hall–Kier alpha value is -2.02. The summed E-state index contributed by atoms with van der Waals surface area (Å²) in [6.07, 6.45) is 0.672. The average molecular weight is 309 g/mol. The molecule has 1 aromatic rings. The summed E-state index contributed by atoms with van der Waals surface area (Å²) in [5.74, 6) is 0.562. The number of methoxy groups -OCH3 is 1. The summed E-state index contributed by atoms with van der Waals surface area (Å²) >= 11 is 0. The Bertz CT molecular complexity index is 585. The van der Waals surface area contributed by atoms with Gasteiger partial charge in [-0.1, -0.05) is 0 Å². The van der Waals surface area contributed by atoms with Crippen molar-refractivity contribution in [2.24, 2.45) is 7.05 Å². The van der Waals surface area contributed by atoms with Crippen molar-refractivity contribution in [3.8, 4) is 5.75 Å². The zero-order chi connectivity index (χ0) is 16.1. The van der Waals surface area contributed by atoms with E-state index >= 15 is 0 Å². The molecule has 0 aliphatic carbocycles. The van der Waals surface area contributed by atoms with Crippen LogP contribution in [0.15, 0.2) is 16.9 Å². The topological polar surface area (TPSA) is 72.8 Å². The predicted molar refractivity (Wildman–Crippen MR) is 82.3 cm³/mol. The van der Waals surface area contributed by atoms with Crippen LogP contribution >= 0.6 is 0 Å². The molecule has 1 saturated heterocycles. The number of hydrogen-bond acceptors (Lipinski definition) is 4. The molecule has 1 aromatic heterocycles. The molecular weight excluding hydrogens is 286 g/mol. The van der Waals surface area contributed by atoms with Crippen molar-refractivity contribution in [3.05, 3.63) is 28.2 Å². The van der Waals surface area contributed by atoms with Gasteiger partial charge in [-0.2, -0.15) is 0 Å². The molecule has 1 fully saturated rings. The van der Waals surface area contributed by atoms with Crippen LogP contribution in [0, 0.1) is 6.92 Å². The number of rotatable bonds is 5. The summed E-state index contributed by atoms with van der Waals surface area (Å²) in [5.41, 5.74) is 0.747. The number of ether oxygens (including phenoxy) is 2. The van der Waals surface area contributed by atoms with Gasteiger partial charge in [0.1, 0.15) is 11.9 Å². The van der Waals surface area contributed by atoms with E-state index < -0.39 is 0 Å². The number of aromatic nitrogens is 1. The number of nitrogens with zero attached hydrogens (tertiary/aromatic N) is 2. The van der Waals surface area contributed by atoms with Crippen LogP contribution < -0.4 is 15.6 Å². The molecule has 7 heteroatoms. The van der Waals surface area contributed by atoms with Gasteiger partial charge in [-0.3, -0.25) is 4.79 Å². The summed E-state index contributed by atoms with van der Waals surface area (Å²) in [7, 11) is 3.32. The summed E-state index contributed by atoms with van der Waals surface area (Å²) in [6, 6.07) is 3.21. The Morgan fingerprint density at radius 3 is 2.91 bits per heavy atom. The first-order valence-electron chi connectivity index (χ1n) is 7.37. The molecule has 2 amide bonds. The molecule has 0 saturated carbocycles. The molecular formula is C15H23N3O4. The van der Waals surface area contributed by atoms with Crippen LogP contribution in [0.4, 0.5) is 4.79 Å². The van der Waals surface area contributed by atoms with E-state index in [1.54, 1.807) is 23.6 Å². The van der Waals surface area contributed by atoms with E-state index in [1.165, 1.54) is 6.07 Å². The van der Waals surface area contributed by atoms with Crippen LogP contribution in [-0.4, -0.2) is 55.0 Å². The minimum atomic E-state index is -0.108. The fourth-order valence-corrected chi connectivity index (χ4v) is 2.38. The molecule has 0 radical (unpaired) electrons. The number of aryl methyl sites for hydroxylation is 1. The summed E-state index contributed by atoms with van der Waals surface area (Å²) in [6.45, 7) is 4.01. The largest absolute Gasteiger partial charge is 0.488 e. The summed E-state index contributed by atoms with van der Waals surface area (Å²) in [5, 5.41) is 2.79. The van der Waals surface area contributed by atoms with Gasteiger partial charge in [0.25, 0.3) is 5.56 Å². The van der Waals surface area contributed by atoms with Crippen LogP contribution in [0.5, 0.6) is 5.75 Å².